The van der Waals surface area contributed by atoms with Crippen LogP contribution in [-0.2, 0) is 22.4 Å². The zero-order valence-electron chi connectivity index (χ0n) is 15.4. The van der Waals surface area contributed by atoms with Gasteiger partial charge in [0.25, 0.3) is 5.91 Å². The lowest BCUT2D eigenvalue weighted by molar-refractivity contribution is -0.119. The minimum absolute atomic E-state index is 0.355. The molecular weight excluding hydrogens is 376 g/mol. The van der Waals surface area contributed by atoms with E-state index in [1.165, 1.54) is 0 Å². The van der Waals surface area contributed by atoms with E-state index in [9.17, 15) is 9.59 Å². The Balaban J connectivity index is 1.52. The Kier molecular flexibility index (Phi) is 5.01. The number of benzene rings is 2. The van der Waals surface area contributed by atoms with E-state index in [1.807, 2.05) is 31.2 Å². The van der Waals surface area contributed by atoms with Crippen molar-refractivity contribution in [2.24, 2.45) is 0 Å². The van der Waals surface area contributed by atoms with Gasteiger partial charge in [0.2, 0.25) is 0 Å². The molecule has 2 aromatic carbocycles. The molecule has 0 aliphatic heterocycles. The fourth-order valence-corrected chi connectivity index (χ4v) is 3.83. The minimum atomic E-state index is -0.486. The van der Waals surface area contributed by atoms with Gasteiger partial charge in [-0.15, -0.1) is 0 Å². The molecule has 0 unspecified atom stereocenters. The van der Waals surface area contributed by atoms with Crippen molar-refractivity contribution < 1.29 is 14.3 Å². The van der Waals surface area contributed by atoms with E-state index in [0.717, 1.165) is 47.0 Å². The van der Waals surface area contributed by atoms with Crippen molar-refractivity contribution in [2.45, 2.75) is 26.2 Å². The molecule has 0 atom stereocenters. The Bertz CT molecular complexity index is 1090. The summed E-state index contributed by atoms with van der Waals surface area (Å²) in [5.74, 6) is -0.881. The summed E-state index contributed by atoms with van der Waals surface area (Å²) in [5, 5.41) is 4.11. The van der Waals surface area contributed by atoms with Crippen molar-refractivity contribution in [2.75, 3.05) is 11.9 Å². The Labute approximate surface area is 167 Å². The number of anilines is 1. The van der Waals surface area contributed by atoms with Crippen LogP contribution in [0.5, 0.6) is 0 Å². The van der Waals surface area contributed by atoms with Crippen LogP contribution in [0.1, 0.15) is 33.6 Å². The van der Waals surface area contributed by atoms with Gasteiger partial charge in [-0.2, -0.15) is 0 Å². The first kappa shape index (κ1) is 18.4. The number of para-hydroxylation sites is 1. The fraction of sp³-hybridized carbons (Fsp3) is 0.227. The maximum absolute atomic E-state index is 12.8. The SMILES string of the molecule is Cc1cc(Cl)ccc1NC(=O)COC(=O)c1c2c(nc3ccccc13)CCC2. The number of halogens is 1. The van der Waals surface area contributed by atoms with E-state index >= 15 is 0 Å². The molecule has 28 heavy (non-hydrogen) atoms. The van der Waals surface area contributed by atoms with Crippen molar-refractivity contribution in [3.63, 3.8) is 0 Å². The van der Waals surface area contributed by atoms with Crippen LogP contribution in [0.25, 0.3) is 10.9 Å². The number of carbonyl (C=O) groups excluding carboxylic acids is 2. The summed E-state index contributed by atoms with van der Waals surface area (Å²) in [4.78, 5) is 29.8. The number of fused-ring (bicyclic) bond motifs is 2. The highest BCUT2D eigenvalue weighted by Crippen LogP contribution is 2.30. The summed E-state index contributed by atoms with van der Waals surface area (Å²) in [6, 6.07) is 12.7. The number of esters is 1. The summed E-state index contributed by atoms with van der Waals surface area (Å²) in [6.07, 6.45) is 2.62. The van der Waals surface area contributed by atoms with Crippen LogP contribution in [-0.4, -0.2) is 23.5 Å². The van der Waals surface area contributed by atoms with E-state index in [0.29, 0.717) is 16.3 Å². The number of hydrogen-bond acceptors (Lipinski definition) is 4. The average molecular weight is 395 g/mol. The zero-order valence-corrected chi connectivity index (χ0v) is 16.2. The van der Waals surface area contributed by atoms with E-state index in [-0.39, 0.29) is 6.61 Å². The van der Waals surface area contributed by atoms with Crippen LogP contribution in [0, 0.1) is 6.92 Å². The molecule has 0 fully saturated rings. The lowest BCUT2D eigenvalue weighted by Gasteiger charge is -2.13. The number of ether oxygens (including phenoxy) is 1. The highest BCUT2D eigenvalue weighted by molar-refractivity contribution is 6.30. The largest absolute Gasteiger partial charge is 0.452 e. The molecule has 1 amide bonds. The van der Waals surface area contributed by atoms with E-state index in [2.05, 4.69) is 10.3 Å². The van der Waals surface area contributed by atoms with Gasteiger partial charge in [0.15, 0.2) is 6.61 Å². The van der Waals surface area contributed by atoms with Crippen molar-refractivity contribution >= 4 is 40.1 Å². The Morgan fingerprint density at radius 1 is 1.18 bits per heavy atom. The highest BCUT2D eigenvalue weighted by atomic mass is 35.5. The third-order valence-corrected chi connectivity index (χ3v) is 5.16. The second kappa shape index (κ2) is 7.60. The van der Waals surface area contributed by atoms with E-state index in [4.69, 9.17) is 16.3 Å². The number of amides is 1. The standard InChI is InChI=1S/C22H19ClN2O3/c1-13-11-14(23)9-10-17(13)25-20(26)12-28-22(27)21-15-5-2-3-7-18(15)24-19-8-4-6-16(19)21/h2-3,5,7,9-11H,4,6,8,12H2,1H3,(H,25,26). The molecule has 0 radical (unpaired) electrons. The van der Waals surface area contributed by atoms with Crippen LogP contribution in [0.3, 0.4) is 0 Å². The monoisotopic (exact) mass is 394 g/mol. The molecule has 6 heteroatoms. The normalized spacial score (nSPS) is 12.6. The number of aromatic nitrogens is 1. The Hall–Kier alpha value is -2.92. The summed E-state index contributed by atoms with van der Waals surface area (Å²) in [7, 11) is 0. The van der Waals surface area contributed by atoms with Crippen molar-refractivity contribution in [3.05, 3.63) is 69.9 Å². The summed E-state index contributed by atoms with van der Waals surface area (Å²) >= 11 is 5.93. The molecule has 0 bridgehead atoms. The van der Waals surface area contributed by atoms with Gasteiger partial charge in [-0.25, -0.2) is 4.79 Å². The first-order chi connectivity index (χ1) is 13.5. The third-order valence-electron chi connectivity index (χ3n) is 4.92. The number of pyridine rings is 1. The van der Waals surface area contributed by atoms with Gasteiger partial charge < -0.3 is 10.1 Å². The van der Waals surface area contributed by atoms with E-state index < -0.39 is 11.9 Å². The van der Waals surface area contributed by atoms with Crippen LogP contribution in [0.15, 0.2) is 42.5 Å². The molecule has 0 saturated heterocycles. The predicted octanol–water partition coefficient (Wildman–Crippen LogP) is 4.48. The Morgan fingerprint density at radius 2 is 2.00 bits per heavy atom. The lowest BCUT2D eigenvalue weighted by atomic mass is 10.0. The summed E-state index contributed by atoms with van der Waals surface area (Å²) in [6.45, 7) is 1.49. The topological polar surface area (TPSA) is 68.3 Å². The first-order valence-electron chi connectivity index (χ1n) is 9.16. The first-order valence-corrected chi connectivity index (χ1v) is 9.54. The summed E-state index contributed by atoms with van der Waals surface area (Å²) in [5.41, 5.74) is 4.68. The Morgan fingerprint density at radius 3 is 2.82 bits per heavy atom. The van der Waals surface area contributed by atoms with E-state index in [1.54, 1.807) is 18.2 Å². The quantitative estimate of drug-likeness (QED) is 0.662. The number of carbonyl (C=O) groups is 2. The molecule has 1 heterocycles. The molecule has 0 saturated carbocycles. The number of nitrogens with zero attached hydrogens (tertiary/aromatic N) is 1. The van der Waals surface area contributed by atoms with Crippen LogP contribution < -0.4 is 5.32 Å². The highest BCUT2D eigenvalue weighted by Gasteiger charge is 2.25. The average Bonchev–Trinajstić information content (AvgIpc) is 3.14. The van der Waals surface area contributed by atoms with Crippen molar-refractivity contribution in [3.8, 4) is 0 Å². The molecule has 1 aliphatic rings. The summed E-state index contributed by atoms with van der Waals surface area (Å²) < 4.78 is 5.35. The third kappa shape index (κ3) is 3.58. The number of rotatable bonds is 4. The zero-order chi connectivity index (χ0) is 19.7. The molecule has 0 spiro atoms. The number of aryl methyl sites for hydroxylation is 2. The maximum Gasteiger partial charge on any atom is 0.339 e. The predicted molar refractivity (Wildman–Crippen MR) is 109 cm³/mol. The molecule has 5 nitrogen and oxygen atoms in total. The molecule has 4 rings (SSSR count). The number of nitrogens with one attached hydrogen (secondary N) is 1. The van der Waals surface area contributed by atoms with Crippen LogP contribution >= 0.6 is 11.6 Å². The van der Waals surface area contributed by atoms with Gasteiger partial charge in [0.05, 0.1) is 11.1 Å². The molecule has 1 aliphatic carbocycles. The van der Waals surface area contributed by atoms with Gasteiger partial charge in [-0.05, 0) is 61.6 Å². The molecule has 1 N–H and O–H groups in total. The molecule has 142 valence electrons. The fourth-order valence-electron chi connectivity index (χ4n) is 3.60. The van der Waals surface area contributed by atoms with Gasteiger partial charge in [-0.3, -0.25) is 9.78 Å². The van der Waals surface area contributed by atoms with Crippen LogP contribution in [0.2, 0.25) is 5.02 Å². The molecule has 1 aromatic heterocycles. The maximum atomic E-state index is 12.8. The van der Waals surface area contributed by atoms with Gasteiger partial charge in [0.1, 0.15) is 0 Å². The van der Waals surface area contributed by atoms with Gasteiger partial charge in [-0.1, -0.05) is 29.8 Å². The lowest BCUT2D eigenvalue weighted by Crippen LogP contribution is -2.22. The second-order valence-electron chi connectivity index (χ2n) is 6.87. The van der Waals surface area contributed by atoms with Crippen molar-refractivity contribution in [1.29, 1.82) is 0 Å². The molecule has 3 aromatic rings. The van der Waals surface area contributed by atoms with Crippen molar-refractivity contribution in [1.82, 2.24) is 4.98 Å². The van der Waals surface area contributed by atoms with Crippen LogP contribution in [0.4, 0.5) is 5.69 Å². The smallest absolute Gasteiger partial charge is 0.339 e. The van der Waals surface area contributed by atoms with Gasteiger partial charge >= 0.3 is 5.97 Å². The number of hydrogen-bond donors (Lipinski definition) is 1. The van der Waals surface area contributed by atoms with Gasteiger partial charge in [0, 0.05) is 21.8 Å². The molecular formula is C22H19ClN2O3. The minimum Gasteiger partial charge on any atom is -0.452 e. The second-order valence-corrected chi connectivity index (χ2v) is 7.30.